The zero-order valence-electron chi connectivity index (χ0n) is 8.58. The molecule has 0 saturated carbocycles. The minimum Gasteiger partial charge on any atom is -0.310 e. The van der Waals surface area contributed by atoms with E-state index in [0.29, 0.717) is 6.54 Å². The van der Waals surface area contributed by atoms with E-state index in [0.717, 1.165) is 18.5 Å². The molecule has 1 aromatic rings. The summed E-state index contributed by atoms with van der Waals surface area (Å²) in [6.45, 7) is 3.60. The van der Waals surface area contributed by atoms with Gasteiger partial charge in [0.25, 0.3) is 0 Å². The van der Waals surface area contributed by atoms with Crippen molar-refractivity contribution in [2.45, 2.75) is 26.2 Å². The molecule has 0 aliphatic rings. The Morgan fingerprint density at radius 2 is 2.36 bits per heavy atom. The first-order valence-electron chi connectivity index (χ1n) is 5.10. The maximum Gasteiger partial charge on any atom is 0.177 e. The molecule has 0 aliphatic carbocycles. The molecule has 3 heteroatoms. The Hall–Kier alpha value is -0.670. The summed E-state index contributed by atoms with van der Waals surface area (Å²) in [5, 5.41) is 7.00. The molecule has 0 amide bonds. The van der Waals surface area contributed by atoms with E-state index in [1.54, 1.807) is 11.3 Å². The Morgan fingerprint density at radius 3 is 3.00 bits per heavy atom. The zero-order chi connectivity index (χ0) is 10.2. The molecule has 1 heterocycles. The average Bonchev–Trinajstić information content (AvgIpc) is 2.70. The lowest BCUT2D eigenvalue weighted by atomic mass is 10.2. The number of hydrogen-bond acceptors (Lipinski definition) is 3. The summed E-state index contributed by atoms with van der Waals surface area (Å²) in [5.41, 5.74) is 0.831. The van der Waals surface area contributed by atoms with Gasteiger partial charge in [-0.25, -0.2) is 0 Å². The predicted molar refractivity (Wildman–Crippen MR) is 61.0 cm³/mol. The van der Waals surface area contributed by atoms with Crippen LogP contribution in [0.3, 0.4) is 0 Å². The normalized spacial score (nSPS) is 10.4. The van der Waals surface area contributed by atoms with Gasteiger partial charge in [-0.2, -0.15) is 11.3 Å². The van der Waals surface area contributed by atoms with Gasteiger partial charge in [0.1, 0.15) is 0 Å². The van der Waals surface area contributed by atoms with E-state index in [2.05, 4.69) is 12.2 Å². The highest BCUT2D eigenvalue weighted by atomic mass is 32.1. The molecule has 78 valence electrons. The van der Waals surface area contributed by atoms with Crippen LogP contribution >= 0.6 is 11.3 Å². The molecule has 1 rings (SSSR count). The molecule has 0 unspecified atom stereocenters. The second kappa shape index (κ2) is 6.74. The third-order valence-corrected chi connectivity index (χ3v) is 2.77. The molecule has 0 saturated heterocycles. The minimum atomic E-state index is 0.197. The number of thiophene rings is 1. The van der Waals surface area contributed by atoms with Crippen molar-refractivity contribution in [3.8, 4) is 0 Å². The Kier molecular flexibility index (Phi) is 5.49. The summed E-state index contributed by atoms with van der Waals surface area (Å²) in [6.07, 6.45) is 3.62. The van der Waals surface area contributed by atoms with Crippen molar-refractivity contribution in [1.82, 2.24) is 5.32 Å². The predicted octanol–water partition coefficient (Wildman–Crippen LogP) is 2.71. The first-order valence-corrected chi connectivity index (χ1v) is 6.05. The molecule has 14 heavy (non-hydrogen) atoms. The van der Waals surface area contributed by atoms with Gasteiger partial charge in [0.05, 0.1) is 6.54 Å². The van der Waals surface area contributed by atoms with Crippen molar-refractivity contribution >= 4 is 17.1 Å². The van der Waals surface area contributed by atoms with Crippen LogP contribution in [0.4, 0.5) is 0 Å². The highest BCUT2D eigenvalue weighted by Crippen LogP contribution is 2.05. The Labute approximate surface area is 89.3 Å². The smallest absolute Gasteiger partial charge is 0.177 e. The number of hydrogen-bond donors (Lipinski definition) is 1. The molecule has 0 aliphatic heterocycles. The van der Waals surface area contributed by atoms with Crippen LogP contribution in [-0.4, -0.2) is 18.9 Å². The van der Waals surface area contributed by atoms with E-state index in [1.165, 1.54) is 12.8 Å². The molecule has 0 aromatic carbocycles. The van der Waals surface area contributed by atoms with Crippen molar-refractivity contribution in [2.24, 2.45) is 0 Å². The van der Waals surface area contributed by atoms with E-state index in [4.69, 9.17) is 0 Å². The first-order chi connectivity index (χ1) is 6.84. The summed E-state index contributed by atoms with van der Waals surface area (Å²) in [6, 6.07) is 1.88. The number of carbonyl (C=O) groups excluding carboxylic acids is 1. The average molecular weight is 211 g/mol. The lowest BCUT2D eigenvalue weighted by Crippen LogP contribution is -2.23. The lowest BCUT2D eigenvalue weighted by molar-refractivity contribution is 0.0991. The van der Waals surface area contributed by atoms with Crippen molar-refractivity contribution in [2.75, 3.05) is 13.1 Å². The fourth-order valence-electron chi connectivity index (χ4n) is 1.23. The highest BCUT2D eigenvalue weighted by molar-refractivity contribution is 7.08. The van der Waals surface area contributed by atoms with Gasteiger partial charge >= 0.3 is 0 Å². The summed E-state index contributed by atoms with van der Waals surface area (Å²) >= 11 is 1.57. The van der Waals surface area contributed by atoms with Gasteiger partial charge in [0.2, 0.25) is 0 Å². The molecule has 1 N–H and O–H groups in total. The lowest BCUT2D eigenvalue weighted by Gasteiger charge is -2.01. The van der Waals surface area contributed by atoms with Crippen molar-refractivity contribution in [1.29, 1.82) is 0 Å². The van der Waals surface area contributed by atoms with E-state index >= 15 is 0 Å². The van der Waals surface area contributed by atoms with Gasteiger partial charge in [-0.15, -0.1) is 0 Å². The minimum absolute atomic E-state index is 0.197. The summed E-state index contributed by atoms with van der Waals surface area (Å²) in [7, 11) is 0. The SMILES string of the molecule is CCCCCNCC(=O)c1ccsc1. The quantitative estimate of drug-likeness (QED) is 0.555. The van der Waals surface area contributed by atoms with Crippen LogP contribution < -0.4 is 5.32 Å². The Morgan fingerprint density at radius 1 is 1.50 bits per heavy atom. The molecule has 0 spiro atoms. The van der Waals surface area contributed by atoms with Gasteiger partial charge in [-0.3, -0.25) is 4.79 Å². The second-order valence-electron chi connectivity index (χ2n) is 3.32. The maximum atomic E-state index is 11.5. The molecular formula is C11H17NOS. The van der Waals surface area contributed by atoms with Crippen LogP contribution in [0.15, 0.2) is 16.8 Å². The summed E-state index contributed by atoms with van der Waals surface area (Å²) in [4.78, 5) is 11.5. The van der Waals surface area contributed by atoms with Crippen molar-refractivity contribution in [3.05, 3.63) is 22.4 Å². The van der Waals surface area contributed by atoms with Gasteiger partial charge < -0.3 is 5.32 Å². The van der Waals surface area contributed by atoms with Crippen LogP contribution in [0.1, 0.15) is 36.5 Å². The van der Waals surface area contributed by atoms with Crippen LogP contribution in [0.2, 0.25) is 0 Å². The molecular weight excluding hydrogens is 194 g/mol. The van der Waals surface area contributed by atoms with Gasteiger partial charge in [0.15, 0.2) is 5.78 Å². The van der Waals surface area contributed by atoms with Crippen LogP contribution in [-0.2, 0) is 0 Å². The molecule has 0 bridgehead atoms. The third-order valence-electron chi connectivity index (χ3n) is 2.09. The third kappa shape index (κ3) is 4.03. The van der Waals surface area contributed by atoms with Crippen LogP contribution in [0.25, 0.3) is 0 Å². The fourth-order valence-corrected chi connectivity index (χ4v) is 1.89. The van der Waals surface area contributed by atoms with E-state index in [9.17, 15) is 4.79 Å². The number of rotatable bonds is 7. The summed E-state index contributed by atoms with van der Waals surface area (Å²) in [5.74, 6) is 0.197. The molecule has 1 aromatic heterocycles. The maximum absolute atomic E-state index is 11.5. The fraction of sp³-hybridized carbons (Fsp3) is 0.545. The number of carbonyl (C=O) groups is 1. The van der Waals surface area contributed by atoms with E-state index < -0.39 is 0 Å². The van der Waals surface area contributed by atoms with Gasteiger partial charge in [0, 0.05) is 10.9 Å². The Bertz CT molecular complexity index is 256. The standard InChI is InChI=1S/C11H17NOS/c1-2-3-4-6-12-8-11(13)10-5-7-14-9-10/h5,7,9,12H,2-4,6,8H2,1H3. The van der Waals surface area contributed by atoms with Crippen LogP contribution in [0.5, 0.6) is 0 Å². The monoisotopic (exact) mass is 211 g/mol. The Balaban J connectivity index is 2.10. The largest absolute Gasteiger partial charge is 0.310 e. The highest BCUT2D eigenvalue weighted by Gasteiger charge is 2.04. The number of nitrogens with one attached hydrogen (secondary N) is 1. The van der Waals surface area contributed by atoms with Gasteiger partial charge in [-0.05, 0) is 24.4 Å². The van der Waals surface area contributed by atoms with Crippen molar-refractivity contribution in [3.63, 3.8) is 0 Å². The molecule has 2 nitrogen and oxygen atoms in total. The van der Waals surface area contributed by atoms with Gasteiger partial charge in [-0.1, -0.05) is 19.8 Å². The van der Waals surface area contributed by atoms with E-state index in [1.807, 2.05) is 16.8 Å². The molecule has 0 atom stereocenters. The number of Topliss-reactive ketones (excluding diaryl/α,β-unsaturated/α-hetero) is 1. The summed E-state index contributed by atoms with van der Waals surface area (Å²) < 4.78 is 0. The zero-order valence-corrected chi connectivity index (χ0v) is 9.40. The number of ketones is 1. The van der Waals surface area contributed by atoms with E-state index in [-0.39, 0.29) is 5.78 Å². The second-order valence-corrected chi connectivity index (χ2v) is 4.10. The van der Waals surface area contributed by atoms with Crippen molar-refractivity contribution < 1.29 is 4.79 Å². The number of unbranched alkanes of at least 4 members (excludes halogenated alkanes) is 2. The van der Waals surface area contributed by atoms with Crippen LogP contribution in [0, 0.1) is 0 Å². The molecule has 0 fully saturated rings. The topological polar surface area (TPSA) is 29.1 Å². The molecule has 0 radical (unpaired) electrons. The first kappa shape index (κ1) is 11.4.